The SMILES string of the molecule is CC(CC(F)(F)F)NCc1cc(N(C)C)c2c(c1O)C(=O)C1=C(O)[C@](O)(C(=O)CC(N)=O)[C@H]([C@@H](CO)N(C)C)C[C@@H]1C2. The highest BCUT2D eigenvalue weighted by molar-refractivity contribution is 6.15. The topological polar surface area (TPSA) is 177 Å². The van der Waals surface area contributed by atoms with Crippen LogP contribution in [0, 0.1) is 11.8 Å². The Labute approximate surface area is 241 Å². The number of likely N-dealkylation sites (N-methyl/N-ethyl adjacent to an activating group) is 1. The van der Waals surface area contributed by atoms with Gasteiger partial charge in [0.2, 0.25) is 5.91 Å². The number of allylic oxidation sites excluding steroid dienone is 1. The highest BCUT2D eigenvalue weighted by Gasteiger charge is 2.58. The van der Waals surface area contributed by atoms with Crippen molar-refractivity contribution in [1.29, 1.82) is 0 Å². The second kappa shape index (κ2) is 12.2. The van der Waals surface area contributed by atoms with Gasteiger partial charge < -0.3 is 41.3 Å². The van der Waals surface area contributed by atoms with Crippen molar-refractivity contribution >= 4 is 23.2 Å². The second-order valence-electron chi connectivity index (χ2n) is 11.6. The van der Waals surface area contributed by atoms with Gasteiger partial charge in [0.1, 0.15) is 11.5 Å². The summed E-state index contributed by atoms with van der Waals surface area (Å²) in [6.07, 6.45) is -6.39. The maximum atomic E-state index is 14.0. The highest BCUT2D eigenvalue weighted by atomic mass is 19.4. The quantitative estimate of drug-likeness (QED) is 0.202. The van der Waals surface area contributed by atoms with E-state index in [-0.39, 0.29) is 36.1 Å². The van der Waals surface area contributed by atoms with E-state index in [9.17, 15) is 48.0 Å². The van der Waals surface area contributed by atoms with Crippen molar-refractivity contribution in [1.82, 2.24) is 10.2 Å². The Morgan fingerprint density at radius 3 is 2.33 bits per heavy atom. The number of amides is 1. The number of carbonyl (C=O) groups excluding carboxylic acids is 3. The van der Waals surface area contributed by atoms with Gasteiger partial charge in [0, 0.05) is 55.5 Å². The van der Waals surface area contributed by atoms with Crippen LogP contribution >= 0.6 is 0 Å². The first-order valence-corrected chi connectivity index (χ1v) is 13.5. The largest absolute Gasteiger partial charge is 0.508 e. The Bertz CT molecular complexity index is 1280. The van der Waals surface area contributed by atoms with Gasteiger partial charge in [-0.2, -0.15) is 13.2 Å². The van der Waals surface area contributed by atoms with Gasteiger partial charge in [-0.25, -0.2) is 0 Å². The number of Topliss-reactive ketones (excluding diaryl/α,β-unsaturated/α-hetero) is 2. The molecule has 42 heavy (non-hydrogen) atoms. The van der Waals surface area contributed by atoms with Gasteiger partial charge in [-0.15, -0.1) is 0 Å². The number of alkyl halides is 3. The van der Waals surface area contributed by atoms with Crippen molar-refractivity contribution in [2.75, 3.05) is 39.7 Å². The number of anilines is 1. The molecule has 3 rings (SSSR count). The number of aliphatic hydroxyl groups is 3. The van der Waals surface area contributed by atoms with E-state index in [4.69, 9.17) is 5.73 Å². The predicted octanol–water partition coefficient (Wildman–Crippen LogP) is 1.17. The summed E-state index contributed by atoms with van der Waals surface area (Å²) in [6.45, 7) is 0.615. The van der Waals surface area contributed by atoms with Gasteiger partial charge in [0.25, 0.3) is 0 Å². The standard InChI is InChI=1S/C28H39F3N4O7/c1-13(10-27(29,30)31)33-11-15-8-18(34(2)3)16-6-14-7-17(19(12-36)35(4)5)28(42,20(37)9-21(32)38)26(41)22(14)25(40)23(16)24(15)39/h8,13-14,17,19,33,36,39,41-42H,6-7,9-12H2,1-5H3,(H2,32,38)/t13?,14-,17-,19+,28+/m0/s1. The number of carbonyl (C=O) groups is 3. The lowest BCUT2D eigenvalue weighted by Crippen LogP contribution is -2.60. The Morgan fingerprint density at radius 2 is 1.83 bits per heavy atom. The van der Waals surface area contributed by atoms with Crippen LogP contribution in [0.2, 0.25) is 0 Å². The van der Waals surface area contributed by atoms with Gasteiger partial charge >= 0.3 is 6.18 Å². The van der Waals surface area contributed by atoms with Gasteiger partial charge in [0.05, 0.1) is 25.0 Å². The Balaban J connectivity index is 2.19. The average molecular weight is 601 g/mol. The summed E-state index contributed by atoms with van der Waals surface area (Å²) in [4.78, 5) is 42.1. The van der Waals surface area contributed by atoms with Crippen LogP contribution < -0.4 is 16.0 Å². The second-order valence-corrected chi connectivity index (χ2v) is 11.6. The van der Waals surface area contributed by atoms with E-state index in [1.807, 2.05) is 0 Å². The number of rotatable bonds is 11. The third-order valence-electron chi connectivity index (χ3n) is 8.22. The van der Waals surface area contributed by atoms with Crippen LogP contribution in [0.3, 0.4) is 0 Å². The molecular weight excluding hydrogens is 561 g/mol. The normalized spacial score (nSPS) is 23.8. The van der Waals surface area contributed by atoms with E-state index in [1.165, 1.54) is 6.92 Å². The fraction of sp³-hybridized carbons (Fsp3) is 0.607. The number of ketones is 2. The monoisotopic (exact) mass is 600 g/mol. The number of phenolic OH excluding ortho intramolecular Hbond substituents is 1. The van der Waals surface area contributed by atoms with E-state index in [2.05, 4.69) is 5.32 Å². The van der Waals surface area contributed by atoms with E-state index in [0.29, 0.717) is 11.3 Å². The molecule has 1 amide bonds. The van der Waals surface area contributed by atoms with Crippen LogP contribution in [0.5, 0.6) is 5.75 Å². The summed E-state index contributed by atoms with van der Waals surface area (Å²) < 4.78 is 38.5. The molecule has 1 aromatic carbocycles. The van der Waals surface area contributed by atoms with E-state index >= 15 is 0 Å². The summed E-state index contributed by atoms with van der Waals surface area (Å²) in [5.74, 6) is -6.42. The van der Waals surface area contributed by atoms with Crippen molar-refractivity contribution in [3.05, 3.63) is 34.1 Å². The molecule has 5 atom stereocenters. The smallest absolute Gasteiger partial charge is 0.390 e. The zero-order valence-electron chi connectivity index (χ0n) is 24.2. The van der Waals surface area contributed by atoms with Gasteiger partial charge in [-0.3, -0.25) is 14.4 Å². The minimum atomic E-state index is -4.41. The zero-order valence-corrected chi connectivity index (χ0v) is 24.2. The number of phenols is 1. The molecule has 0 spiro atoms. The van der Waals surface area contributed by atoms with Gasteiger partial charge in [-0.05, 0) is 51.4 Å². The van der Waals surface area contributed by atoms with Gasteiger partial charge in [0.15, 0.2) is 17.2 Å². The number of nitrogens with zero attached hydrogens (tertiary/aromatic N) is 2. The van der Waals surface area contributed by atoms with Crippen molar-refractivity contribution in [3.8, 4) is 5.75 Å². The zero-order chi connectivity index (χ0) is 31.9. The number of benzene rings is 1. The van der Waals surface area contributed by atoms with Crippen LogP contribution in [0.15, 0.2) is 17.4 Å². The molecule has 0 aliphatic heterocycles. The summed E-state index contributed by atoms with van der Waals surface area (Å²) in [7, 11) is 6.60. The summed E-state index contributed by atoms with van der Waals surface area (Å²) >= 11 is 0. The third kappa shape index (κ3) is 6.26. The first kappa shape index (κ1) is 33.3. The number of nitrogens with two attached hydrogens (primary N) is 1. The fourth-order valence-electron chi connectivity index (χ4n) is 6.19. The molecule has 0 heterocycles. The van der Waals surface area contributed by atoms with Crippen molar-refractivity contribution in [2.24, 2.45) is 17.6 Å². The minimum Gasteiger partial charge on any atom is -0.508 e. The van der Waals surface area contributed by atoms with E-state index in [1.54, 1.807) is 44.1 Å². The molecule has 234 valence electrons. The van der Waals surface area contributed by atoms with Crippen molar-refractivity contribution in [2.45, 2.75) is 63.0 Å². The Hall–Kier alpha value is -3.20. The Kier molecular flexibility index (Phi) is 9.67. The lowest BCUT2D eigenvalue weighted by atomic mass is 9.61. The van der Waals surface area contributed by atoms with Crippen LogP contribution in [0.4, 0.5) is 18.9 Å². The number of aromatic hydroxyl groups is 1. The highest BCUT2D eigenvalue weighted by Crippen LogP contribution is 2.51. The molecular formula is C28H39F3N4O7. The number of aliphatic hydroxyl groups excluding tert-OH is 2. The van der Waals surface area contributed by atoms with Crippen LogP contribution in [0.1, 0.15) is 47.7 Å². The summed E-state index contributed by atoms with van der Waals surface area (Å²) in [6, 6.07) is -0.277. The number of hydrogen-bond donors (Lipinski definition) is 6. The van der Waals surface area contributed by atoms with Crippen molar-refractivity contribution < 1.29 is 48.0 Å². The molecule has 7 N–H and O–H groups in total. The van der Waals surface area contributed by atoms with E-state index < -0.39 is 84.1 Å². The lowest BCUT2D eigenvalue weighted by Gasteiger charge is -2.47. The molecule has 0 radical (unpaired) electrons. The van der Waals surface area contributed by atoms with Gasteiger partial charge in [-0.1, -0.05) is 0 Å². The first-order valence-electron chi connectivity index (χ1n) is 13.5. The molecule has 0 fully saturated rings. The molecule has 14 heteroatoms. The molecule has 2 aliphatic rings. The molecule has 0 saturated heterocycles. The molecule has 1 aromatic rings. The average Bonchev–Trinajstić information content (AvgIpc) is 2.84. The number of fused-ring (bicyclic) bond motifs is 2. The molecule has 0 bridgehead atoms. The Morgan fingerprint density at radius 1 is 1.21 bits per heavy atom. The maximum Gasteiger partial charge on any atom is 0.390 e. The number of primary amides is 1. The van der Waals surface area contributed by atoms with Crippen LogP contribution in [-0.4, -0.2) is 101 Å². The van der Waals surface area contributed by atoms with Crippen molar-refractivity contribution in [3.63, 3.8) is 0 Å². The van der Waals surface area contributed by atoms with E-state index in [0.717, 1.165) is 0 Å². The first-order chi connectivity index (χ1) is 19.3. The third-order valence-corrected chi connectivity index (χ3v) is 8.22. The summed E-state index contributed by atoms with van der Waals surface area (Å²) in [5.41, 5.74) is 3.03. The lowest BCUT2D eigenvalue weighted by molar-refractivity contribution is -0.151. The predicted molar refractivity (Wildman–Crippen MR) is 147 cm³/mol. The molecule has 1 unspecified atom stereocenters. The molecule has 0 saturated carbocycles. The maximum absolute atomic E-state index is 14.0. The van der Waals surface area contributed by atoms with Crippen LogP contribution in [0.25, 0.3) is 0 Å². The molecule has 2 aliphatic carbocycles. The minimum absolute atomic E-state index is 0.0408. The van der Waals surface area contributed by atoms with Crippen LogP contribution in [-0.2, 0) is 22.6 Å². The number of hydrogen-bond acceptors (Lipinski definition) is 10. The summed E-state index contributed by atoms with van der Waals surface area (Å²) in [5, 5.41) is 47.2. The fourth-order valence-corrected chi connectivity index (χ4v) is 6.19. The molecule has 11 nitrogen and oxygen atoms in total. The molecule has 0 aromatic heterocycles. The number of halogens is 3. The number of nitrogens with one attached hydrogen (secondary N) is 1.